The highest BCUT2D eigenvalue weighted by molar-refractivity contribution is 6.34. The second kappa shape index (κ2) is 13.2. The van der Waals surface area contributed by atoms with Gasteiger partial charge in [-0.05, 0) is 71.0 Å². The minimum Gasteiger partial charge on any atom is -0.507 e. The van der Waals surface area contributed by atoms with Gasteiger partial charge in [0.1, 0.15) is 17.3 Å². The molecule has 0 saturated carbocycles. The van der Waals surface area contributed by atoms with Crippen molar-refractivity contribution in [1.29, 1.82) is 0 Å². The molecule has 6 nitrogen and oxygen atoms in total. The smallest absolute Gasteiger partial charge is 0.246 e. The summed E-state index contributed by atoms with van der Waals surface area (Å²) in [7, 11) is 4.15. The van der Waals surface area contributed by atoms with Crippen LogP contribution in [0, 0.1) is 11.6 Å². The number of phenols is 1. The molecule has 2 heterocycles. The third-order valence-corrected chi connectivity index (χ3v) is 8.44. The van der Waals surface area contributed by atoms with Crippen LogP contribution in [0.15, 0.2) is 48.0 Å². The average molecular weight is 585 g/mol. The highest BCUT2D eigenvalue weighted by Gasteiger charge is 2.32. The standard InChI is InChI=1S/C32H39ClF2N4O2/c1-6-22(37(4)5)11-8-10-21-14-15-26(38-16-17-39(20(3)19-38)28(41)7-2)23-18-24(33)29(31(35)32(23)36-21)30-25(34)12-9-13-27(30)40/h7,9,12-13,15,18,20,22,40H,2,6,8,10-11,14,16-17,19H2,1,3-5H3/t20-,22?/m1/s1. The molecule has 1 saturated heterocycles. The Kier molecular flexibility index (Phi) is 9.87. The minimum atomic E-state index is -0.773. The van der Waals surface area contributed by atoms with E-state index in [4.69, 9.17) is 16.6 Å². The molecular formula is C32H39ClF2N4O2. The number of halogens is 3. The Labute approximate surface area is 246 Å². The molecule has 0 aliphatic carbocycles. The largest absolute Gasteiger partial charge is 0.507 e. The van der Waals surface area contributed by atoms with Gasteiger partial charge in [-0.15, -0.1) is 0 Å². The number of benzene rings is 2. The third-order valence-electron chi connectivity index (χ3n) is 8.14. The topological polar surface area (TPSA) is 59.4 Å². The molecule has 9 heteroatoms. The fraction of sp³-hybridized carbons (Fsp3) is 0.438. The van der Waals surface area contributed by atoms with Crippen molar-refractivity contribution in [2.24, 2.45) is 4.99 Å². The lowest BCUT2D eigenvalue weighted by molar-refractivity contribution is -0.129. The van der Waals surface area contributed by atoms with E-state index in [2.05, 4.69) is 43.5 Å². The van der Waals surface area contributed by atoms with Crippen LogP contribution in [0.3, 0.4) is 0 Å². The van der Waals surface area contributed by atoms with E-state index < -0.39 is 17.4 Å². The van der Waals surface area contributed by atoms with Crippen LogP contribution >= 0.6 is 11.6 Å². The predicted octanol–water partition coefficient (Wildman–Crippen LogP) is 7.04. The lowest BCUT2D eigenvalue weighted by Crippen LogP contribution is -2.52. The molecule has 2 aliphatic heterocycles. The molecule has 41 heavy (non-hydrogen) atoms. The number of rotatable bonds is 9. The zero-order valence-electron chi connectivity index (χ0n) is 24.3. The highest BCUT2D eigenvalue weighted by Crippen LogP contribution is 2.46. The Hall–Kier alpha value is -3.23. The third kappa shape index (κ3) is 6.49. The number of carbonyl (C=O) groups is 1. The molecule has 1 unspecified atom stereocenters. The maximum absolute atomic E-state index is 16.5. The molecule has 2 aromatic carbocycles. The van der Waals surface area contributed by atoms with Crippen LogP contribution < -0.4 is 0 Å². The molecule has 0 aromatic heterocycles. The number of hydrogen-bond donors (Lipinski definition) is 1. The second-order valence-corrected chi connectivity index (χ2v) is 11.4. The van der Waals surface area contributed by atoms with Crippen LogP contribution in [0.5, 0.6) is 5.75 Å². The Morgan fingerprint density at radius 3 is 2.68 bits per heavy atom. The molecule has 1 amide bonds. The first kappa shape index (κ1) is 30.7. The molecule has 2 atom stereocenters. The Balaban J connectivity index is 1.77. The lowest BCUT2D eigenvalue weighted by Gasteiger charge is -2.41. The first-order valence-corrected chi connectivity index (χ1v) is 14.6. The van der Waals surface area contributed by atoms with Gasteiger partial charge in [0.2, 0.25) is 5.91 Å². The monoisotopic (exact) mass is 584 g/mol. The lowest BCUT2D eigenvalue weighted by atomic mass is 9.97. The molecule has 1 N–H and O–H groups in total. The Morgan fingerprint density at radius 2 is 2.05 bits per heavy atom. The number of allylic oxidation sites excluding steroid dienone is 1. The van der Waals surface area contributed by atoms with Crippen LogP contribution in [0.2, 0.25) is 5.02 Å². The number of aromatic hydroxyl groups is 1. The maximum Gasteiger partial charge on any atom is 0.246 e. The van der Waals surface area contributed by atoms with E-state index in [0.29, 0.717) is 44.1 Å². The molecule has 0 spiro atoms. The molecule has 2 aliphatic rings. The van der Waals surface area contributed by atoms with Gasteiger partial charge in [-0.25, -0.2) is 8.78 Å². The minimum absolute atomic E-state index is 0.0171. The summed E-state index contributed by atoms with van der Waals surface area (Å²) in [5.74, 6) is -2.06. The van der Waals surface area contributed by atoms with Gasteiger partial charge in [-0.3, -0.25) is 9.79 Å². The van der Waals surface area contributed by atoms with Gasteiger partial charge >= 0.3 is 0 Å². The van der Waals surface area contributed by atoms with Crippen LogP contribution in [-0.4, -0.2) is 77.2 Å². The predicted molar refractivity (Wildman–Crippen MR) is 163 cm³/mol. The summed E-state index contributed by atoms with van der Waals surface area (Å²) in [6.45, 7) is 9.32. The Morgan fingerprint density at radius 1 is 1.29 bits per heavy atom. The SMILES string of the molecule is C=CC(=O)N1CCN(C2=CCC(CCCC(CC)N(C)C)=Nc3c2cc(Cl)c(-c2c(O)cccc2F)c3F)C[C@H]1C. The van der Waals surface area contributed by atoms with E-state index >= 15 is 4.39 Å². The van der Waals surface area contributed by atoms with Crippen LogP contribution in [-0.2, 0) is 4.79 Å². The van der Waals surface area contributed by atoms with E-state index in [1.54, 1.807) is 11.0 Å². The van der Waals surface area contributed by atoms with Gasteiger partial charge in [-0.1, -0.05) is 37.2 Å². The van der Waals surface area contributed by atoms with Crippen molar-refractivity contribution < 1.29 is 18.7 Å². The van der Waals surface area contributed by atoms with E-state index in [0.717, 1.165) is 36.7 Å². The number of carbonyl (C=O) groups excluding carboxylic acids is 1. The summed E-state index contributed by atoms with van der Waals surface area (Å²) < 4.78 is 31.4. The average Bonchev–Trinajstić information content (AvgIpc) is 3.11. The second-order valence-electron chi connectivity index (χ2n) is 11.0. The first-order valence-electron chi connectivity index (χ1n) is 14.2. The van der Waals surface area contributed by atoms with Crippen molar-refractivity contribution in [2.75, 3.05) is 33.7 Å². The fourth-order valence-corrected chi connectivity index (χ4v) is 6.17. The van der Waals surface area contributed by atoms with E-state index in [1.165, 1.54) is 18.2 Å². The molecule has 0 bridgehead atoms. The maximum atomic E-state index is 16.5. The number of phenolic OH excluding ortho intramolecular Hbond substituents is 1. The molecule has 1 fully saturated rings. The highest BCUT2D eigenvalue weighted by atomic mass is 35.5. The number of hydrogen-bond acceptors (Lipinski definition) is 5. The molecule has 220 valence electrons. The van der Waals surface area contributed by atoms with E-state index in [9.17, 15) is 14.3 Å². The summed E-state index contributed by atoms with van der Waals surface area (Å²) in [4.78, 5) is 23.3. The van der Waals surface area contributed by atoms with Crippen molar-refractivity contribution in [1.82, 2.24) is 14.7 Å². The van der Waals surface area contributed by atoms with Gasteiger partial charge in [0.15, 0.2) is 5.82 Å². The summed E-state index contributed by atoms with van der Waals surface area (Å²) in [5, 5.41) is 10.4. The van der Waals surface area contributed by atoms with E-state index in [-0.39, 0.29) is 33.8 Å². The molecule has 4 rings (SSSR count). The van der Waals surface area contributed by atoms with Crippen LogP contribution in [0.25, 0.3) is 16.8 Å². The van der Waals surface area contributed by atoms with Gasteiger partial charge < -0.3 is 19.8 Å². The van der Waals surface area contributed by atoms with Gasteiger partial charge in [0.25, 0.3) is 0 Å². The summed E-state index contributed by atoms with van der Waals surface area (Å²) in [5.41, 5.74) is 1.71. The summed E-state index contributed by atoms with van der Waals surface area (Å²) >= 11 is 6.63. The number of piperazine rings is 1. The number of aliphatic imine (C=N–C) groups is 1. The van der Waals surface area contributed by atoms with Crippen molar-refractivity contribution >= 4 is 34.6 Å². The first-order chi connectivity index (χ1) is 19.6. The summed E-state index contributed by atoms with van der Waals surface area (Å²) in [6, 6.07) is 5.80. The van der Waals surface area contributed by atoms with Crippen LogP contribution in [0.4, 0.5) is 14.5 Å². The zero-order valence-corrected chi connectivity index (χ0v) is 25.0. The van der Waals surface area contributed by atoms with Crippen molar-refractivity contribution in [2.45, 2.75) is 58.0 Å². The quantitative estimate of drug-likeness (QED) is 0.321. The normalized spacial score (nSPS) is 18.0. The number of fused-ring (bicyclic) bond motifs is 1. The Bertz CT molecular complexity index is 1350. The zero-order chi connectivity index (χ0) is 29.8. The molecular weight excluding hydrogens is 546 g/mol. The molecule has 0 radical (unpaired) electrons. The van der Waals surface area contributed by atoms with E-state index in [1.807, 2.05) is 6.92 Å². The molecule has 2 aromatic rings. The van der Waals surface area contributed by atoms with Crippen molar-refractivity contribution in [3.8, 4) is 16.9 Å². The van der Waals surface area contributed by atoms with Crippen LogP contribution in [0.1, 0.15) is 51.5 Å². The summed E-state index contributed by atoms with van der Waals surface area (Å²) in [6.07, 6.45) is 7.51. The van der Waals surface area contributed by atoms with Gasteiger partial charge in [0.05, 0.1) is 10.6 Å². The fourth-order valence-electron chi connectivity index (χ4n) is 5.88. The number of nitrogens with zero attached hydrogens (tertiary/aromatic N) is 4. The number of amides is 1. The van der Waals surface area contributed by atoms with Crippen molar-refractivity contribution in [3.05, 3.63) is 65.2 Å². The van der Waals surface area contributed by atoms with Gasteiger partial charge in [0, 0.05) is 60.7 Å². The van der Waals surface area contributed by atoms with Gasteiger partial charge in [-0.2, -0.15) is 0 Å². The van der Waals surface area contributed by atoms with Crippen molar-refractivity contribution in [3.63, 3.8) is 0 Å².